The van der Waals surface area contributed by atoms with Crippen molar-refractivity contribution in [3.63, 3.8) is 0 Å². The van der Waals surface area contributed by atoms with E-state index in [4.69, 9.17) is 24.5 Å². The molecule has 0 atom stereocenters. The molecule has 0 unspecified atom stereocenters. The zero-order chi connectivity index (χ0) is 24.8. The first-order valence-electron chi connectivity index (χ1n) is 11.2. The van der Waals surface area contributed by atoms with Crippen LogP contribution in [0.1, 0.15) is 40.0 Å². The van der Waals surface area contributed by atoms with Crippen LogP contribution in [0.15, 0.2) is 5.11 Å². The summed E-state index contributed by atoms with van der Waals surface area (Å²) in [6, 6.07) is 0. The fraction of sp³-hybridized carbons (Fsp3) is 0.857. The van der Waals surface area contributed by atoms with E-state index in [9.17, 15) is 14.4 Å². The molecule has 0 bridgehead atoms. The number of hydrogen-bond acceptors (Lipinski definition) is 8. The van der Waals surface area contributed by atoms with E-state index >= 15 is 0 Å². The van der Waals surface area contributed by atoms with E-state index in [-0.39, 0.29) is 37.4 Å². The topological polar surface area (TPSA) is 161 Å². The van der Waals surface area contributed by atoms with Gasteiger partial charge in [-0.15, -0.1) is 0 Å². The Kier molecular flexibility index (Phi) is 19.0. The Morgan fingerprint density at radius 3 is 1.91 bits per heavy atom. The van der Waals surface area contributed by atoms with Gasteiger partial charge in [-0.25, -0.2) is 0 Å². The zero-order valence-electron chi connectivity index (χ0n) is 20.1. The predicted octanol–water partition coefficient (Wildman–Crippen LogP) is 1.38. The molecule has 190 valence electrons. The molecule has 0 aromatic rings. The average Bonchev–Trinajstić information content (AvgIpc) is 2.76. The van der Waals surface area contributed by atoms with Crippen LogP contribution < -0.4 is 10.6 Å². The van der Waals surface area contributed by atoms with E-state index in [1.165, 1.54) is 0 Å². The number of carbonyl (C=O) groups excluding carboxylic acids is 3. The number of azide groups is 1. The van der Waals surface area contributed by atoms with Gasteiger partial charge in [0.2, 0.25) is 11.8 Å². The van der Waals surface area contributed by atoms with E-state index in [0.29, 0.717) is 71.9 Å². The van der Waals surface area contributed by atoms with E-state index < -0.39 is 5.41 Å². The van der Waals surface area contributed by atoms with Crippen LogP contribution in [0.5, 0.6) is 0 Å². The minimum Gasteiger partial charge on any atom is -0.377 e. The third-order valence-electron chi connectivity index (χ3n) is 4.16. The van der Waals surface area contributed by atoms with Gasteiger partial charge in [0, 0.05) is 36.4 Å². The molecule has 0 aliphatic rings. The maximum atomic E-state index is 11.7. The predicted molar refractivity (Wildman–Crippen MR) is 122 cm³/mol. The second-order valence-corrected chi connectivity index (χ2v) is 8.11. The number of unbranched alkanes of at least 4 members (excludes halogenated alkanes) is 1. The van der Waals surface area contributed by atoms with Crippen LogP contribution in [0.25, 0.3) is 10.4 Å². The molecule has 2 N–H and O–H groups in total. The lowest BCUT2D eigenvalue weighted by Crippen LogP contribution is -2.31. The van der Waals surface area contributed by atoms with E-state index in [1.54, 1.807) is 0 Å². The Labute approximate surface area is 195 Å². The molecule has 0 aromatic carbocycles. The number of nitrogens with zero attached hydrogens (tertiary/aromatic N) is 3. The van der Waals surface area contributed by atoms with Crippen molar-refractivity contribution < 1.29 is 33.3 Å². The van der Waals surface area contributed by atoms with Gasteiger partial charge >= 0.3 is 0 Å². The molecule has 0 spiro atoms. The number of nitrogens with one attached hydrogen (secondary N) is 2. The molecular weight excluding hydrogens is 434 g/mol. The number of ketones is 1. The summed E-state index contributed by atoms with van der Waals surface area (Å²) in [5.74, 6) is -0.281. The second kappa shape index (κ2) is 20.4. The third-order valence-corrected chi connectivity index (χ3v) is 4.16. The van der Waals surface area contributed by atoms with Crippen LogP contribution in [-0.2, 0) is 33.3 Å². The van der Waals surface area contributed by atoms with E-state index in [2.05, 4.69) is 20.7 Å². The number of rotatable bonds is 21. The van der Waals surface area contributed by atoms with Crippen LogP contribution in [0.4, 0.5) is 0 Å². The van der Waals surface area contributed by atoms with Crippen LogP contribution in [0, 0.1) is 5.41 Å². The van der Waals surface area contributed by atoms with Crippen molar-refractivity contribution in [3.05, 3.63) is 10.4 Å². The lowest BCUT2D eigenvalue weighted by Gasteiger charge is -2.16. The molecule has 33 heavy (non-hydrogen) atoms. The second-order valence-electron chi connectivity index (χ2n) is 8.11. The zero-order valence-corrected chi connectivity index (χ0v) is 20.1. The maximum absolute atomic E-state index is 11.7. The van der Waals surface area contributed by atoms with Crippen molar-refractivity contribution in [1.29, 1.82) is 0 Å². The summed E-state index contributed by atoms with van der Waals surface area (Å²) >= 11 is 0. The highest BCUT2D eigenvalue weighted by molar-refractivity contribution is 5.84. The summed E-state index contributed by atoms with van der Waals surface area (Å²) in [7, 11) is 0. The monoisotopic (exact) mass is 473 g/mol. The molecule has 12 nitrogen and oxygen atoms in total. The Bertz CT molecular complexity index is 604. The number of ether oxygens (including phenoxy) is 4. The van der Waals surface area contributed by atoms with Gasteiger partial charge < -0.3 is 29.6 Å². The number of Topliss-reactive ketones (excluding diaryl/α,β-unsaturated/α-hetero) is 1. The quantitative estimate of drug-likeness (QED) is 0.110. The van der Waals surface area contributed by atoms with Crippen molar-refractivity contribution >= 4 is 17.6 Å². The Balaban J connectivity index is 3.37. The fourth-order valence-electron chi connectivity index (χ4n) is 2.16. The van der Waals surface area contributed by atoms with Crippen molar-refractivity contribution in [2.75, 3.05) is 72.5 Å². The average molecular weight is 474 g/mol. The molecule has 0 aliphatic heterocycles. The van der Waals surface area contributed by atoms with Gasteiger partial charge in [0.15, 0.2) is 5.78 Å². The van der Waals surface area contributed by atoms with Gasteiger partial charge in [-0.3, -0.25) is 14.4 Å². The SMILES string of the molecule is CC(C)(C)C(=O)COCCOCCNC(=O)COCCOCCNC(=O)CCCCN=[N+]=[N-]. The molecule has 0 saturated carbocycles. The van der Waals surface area contributed by atoms with Crippen LogP contribution in [0.3, 0.4) is 0 Å². The first-order chi connectivity index (χ1) is 15.8. The largest absolute Gasteiger partial charge is 0.377 e. The first-order valence-corrected chi connectivity index (χ1v) is 11.2. The molecule has 0 aliphatic carbocycles. The first kappa shape index (κ1) is 30.8. The summed E-state index contributed by atoms with van der Waals surface area (Å²) in [5, 5.41) is 8.80. The molecule has 0 radical (unpaired) electrons. The van der Waals surface area contributed by atoms with Gasteiger partial charge in [0.05, 0.1) is 39.6 Å². The van der Waals surface area contributed by atoms with Crippen LogP contribution in [0.2, 0.25) is 0 Å². The molecule has 0 heterocycles. The van der Waals surface area contributed by atoms with Gasteiger partial charge in [-0.1, -0.05) is 25.9 Å². The summed E-state index contributed by atoms with van der Waals surface area (Å²) in [4.78, 5) is 37.5. The fourth-order valence-corrected chi connectivity index (χ4v) is 2.16. The van der Waals surface area contributed by atoms with Crippen LogP contribution in [-0.4, -0.2) is 90.1 Å². The minimum absolute atomic E-state index is 0.0404. The lowest BCUT2D eigenvalue weighted by molar-refractivity contribution is -0.131. The van der Waals surface area contributed by atoms with Crippen molar-refractivity contribution in [3.8, 4) is 0 Å². The standard InChI is InChI=1S/C21H39N5O7/c1-21(2,3)18(27)16-32-14-12-31-11-9-24-20(29)17-33-15-13-30-10-8-23-19(28)6-4-5-7-25-26-22/h4-17H2,1-3H3,(H,23,28)(H,24,29). The summed E-state index contributed by atoms with van der Waals surface area (Å²) < 4.78 is 21.1. The Hall–Kier alpha value is -2.24. The molecule has 0 saturated heterocycles. The number of amides is 2. The summed E-state index contributed by atoms with van der Waals surface area (Å²) in [6.07, 6.45) is 1.74. The highest BCUT2D eigenvalue weighted by Crippen LogP contribution is 2.14. The molecule has 0 fully saturated rings. The van der Waals surface area contributed by atoms with E-state index in [1.807, 2.05) is 20.8 Å². The molecule has 0 rings (SSSR count). The smallest absolute Gasteiger partial charge is 0.246 e. The molecule has 0 aromatic heterocycles. The lowest BCUT2D eigenvalue weighted by atomic mass is 9.91. The van der Waals surface area contributed by atoms with Crippen LogP contribution >= 0.6 is 0 Å². The number of hydrogen-bond donors (Lipinski definition) is 2. The summed E-state index contributed by atoms with van der Waals surface area (Å²) in [5.41, 5.74) is 7.74. The van der Waals surface area contributed by atoms with Crippen molar-refractivity contribution in [2.45, 2.75) is 40.0 Å². The van der Waals surface area contributed by atoms with Gasteiger partial charge in [-0.2, -0.15) is 0 Å². The summed E-state index contributed by atoms with van der Waals surface area (Å²) in [6.45, 7) is 8.62. The third kappa shape index (κ3) is 21.4. The van der Waals surface area contributed by atoms with Gasteiger partial charge in [-0.05, 0) is 18.4 Å². The highest BCUT2D eigenvalue weighted by atomic mass is 16.5. The highest BCUT2D eigenvalue weighted by Gasteiger charge is 2.20. The number of carbonyl (C=O) groups is 3. The molecular formula is C21H39N5O7. The molecule has 2 amide bonds. The maximum Gasteiger partial charge on any atom is 0.246 e. The Morgan fingerprint density at radius 1 is 0.788 bits per heavy atom. The Morgan fingerprint density at radius 2 is 1.33 bits per heavy atom. The van der Waals surface area contributed by atoms with Crippen molar-refractivity contribution in [2.24, 2.45) is 10.5 Å². The van der Waals surface area contributed by atoms with Gasteiger partial charge in [0.1, 0.15) is 13.2 Å². The van der Waals surface area contributed by atoms with Gasteiger partial charge in [0.25, 0.3) is 0 Å². The minimum atomic E-state index is -0.409. The normalized spacial score (nSPS) is 11.0. The molecule has 12 heteroatoms. The van der Waals surface area contributed by atoms with Crippen molar-refractivity contribution in [1.82, 2.24) is 10.6 Å². The van der Waals surface area contributed by atoms with E-state index in [0.717, 1.165) is 0 Å².